The predicted octanol–water partition coefficient (Wildman–Crippen LogP) is 2.37. The fraction of sp³-hybridized carbons (Fsp3) is 0.409. The topological polar surface area (TPSA) is 78.4 Å². The van der Waals surface area contributed by atoms with Gasteiger partial charge in [0.1, 0.15) is 5.82 Å². The van der Waals surface area contributed by atoms with Gasteiger partial charge in [0.05, 0.1) is 11.0 Å². The molecule has 0 atom stereocenters. The second kappa shape index (κ2) is 8.22. The van der Waals surface area contributed by atoms with Crippen molar-refractivity contribution in [3.05, 3.63) is 48.4 Å². The van der Waals surface area contributed by atoms with Crippen molar-refractivity contribution < 1.29 is 4.79 Å². The number of aromatic nitrogens is 4. The number of anilines is 2. The van der Waals surface area contributed by atoms with Crippen molar-refractivity contribution in [2.45, 2.75) is 19.3 Å². The van der Waals surface area contributed by atoms with Gasteiger partial charge in [0.15, 0.2) is 0 Å². The van der Waals surface area contributed by atoms with Crippen LogP contribution in [0, 0.1) is 0 Å². The Hall–Kier alpha value is -3.29. The number of amides is 1. The first-order chi connectivity index (χ1) is 14.8. The maximum Gasteiger partial charge on any atom is 0.254 e. The third kappa shape index (κ3) is 3.77. The Bertz CT molecular complexity index is 1040. The molecule has 2 aliphatic rings. The molecule has 0 N–H and O–H groups in total. The minimum Gasteiger partial charge on any atom is -0.353 e. The van der Waals surface area contributed by atoms with Crippen molar-refractivity contribution in [3.63, 3.8) is 0 Å². The lowest BCUT2D eigenvalue weighted by Gasteiger charge is -2.36. The molecule has 0 aliphatic carbocycles. The lowest BCUT2D eigenvalue weighted by molar-refractivity contribution is 0.0746. The summed E-state index contributed by atoms with van der Waals surface area (Å²) in [4.78, 5) is 37.3. The summed E-state index contributed by atoms with van der Waals surface area (Å²) in [7, 11) is 0. The minimum absolute atomic E-state index is 0.0406. The number of nitrogens with zero attached hydrogens (tertiary/aromatic N) is 7. The van der Waals surface area contributed by atoms with E-state index in [1.54, 1.807) is 12.4 Å². The number of hydrogen-bond donors (Lipinski definition) is 0. The molecule has 0 spiro atoms. The van der Waals surface area contributed by atoms with Gasteiger partial charge in [-0.25, -0.2) is 4.98 Å². The molecule has 2 aromatic heterocycles. The average molecular weight is 403 g/mol. The largest absolute Gasteiger partial charge is 0.353 e. The number of carbonyl (C=O) groups excluding carboxylic acids is 1. The van der Waals surface area contributed by atoms with E-state index in [2.05, 4.69) is 24.8 Å². The third-order valence-electron chi connectivity index (χ3n) is 5.87. The van der Waals surface area contributed by atoms with Crippen LogP contribution in [0.15, 0.2) is 42.9 Å². The lowest BCUT2D eigenvalue weighted by atomic mass is 10.1. The Morgan fingerprint density at radius 3 is 2.30 bits per heavy atom. The quantitative estimate of drug-likeness (QED) is 0.664. The molecule has 0 saturated carbocycles. The fourth-order valence-electron chi connectivity index (χ4n) is 4.18. The van der Waals surface area contributed by atoms with Crippen LogP contribution in [0.5, 0.6) is 0 Å². The van der Waals surface area contributed by atoms with Gasteiger partial charge >= 0.3 is 0 Å². The first-order valence-electron chi connectivity index (χ1n) is 10.6. The highest BCUT2D eigenvalue weighted by Crippen LogP contribution is 2.21. The summed E-state index contributed by atoms with van der Waals surface area (Å²) < 4.78 is 0. The van der Waals surface area contributed by atoms with Crippen LogP contribution in [0.25, 0.3) is 11.0 Å². The monoisotopic (exact) mass is 403 g/mol. The van der Waals surface area contributed by atoms with Crippen LogP contribution in [0.3, 0.4) is 0 Å². The molecule has 1 amide bonds. The molecule has 8 nitrogen and oxygen atoms in total. The molecule has 0 unspecified atom stereocenters. The maximum atomic E-state index is 13.0. The number of piperazine rings is 1. The molecule has 154 valence electrons. The second-order valence-electron chi connectivity index (χ2n) is 7.80. The highest BCUT2D eigenvalue weighted by Gasteiger charge is 2.24. The van der Waals surface area contributed by atoms with E-state index < -0.39 is 0 Å². The van der Waals surface area contributed by atoms with E-state index in [0.717, 1.165) is 49.0 Å². The molecule has 0 bridgehead atoms. The van der Waals surface area contributed by atoms with Crippen molar-refractivity contribution in [1.29, 1.82) is 0 Å². The normalized spacial score (nSPS) is 17.4. The van der Waals surface area contributed by atoms with E-state index in [1.807, 2.05) is 35.4 Å². The average Bonchev–Trinajstić information content (AvgIpc) is 2.84. The molecule has 2 saturated heterocycles. The van der Waals surface area contributed by atoms with E-state index >= 15 is 0 Å². The molecule has 3 aromatic rings. The second-order valence-corrected chi connectivity index (χ2v) is 7.80. The molecule has 0 radical (unpaired) electrons. The molecule has 2 fully saturated rings. The Morgan fingerprint density at radius 2 is 1.50 bits per heavy atom. The summed E-state index contributed by atoms with van der Waals surface area (Å²) in [5.74, 6) is 1.81. The smallest absolute Gasteiger partial charge is 0.254 e. The van der Waals surface area contributed by atoms with Gasteiger partial charge in [0.2, 0.25) is 5.95 Å². The third-order valence-corrected chi connectivity index (χ3v) is 5.87. The molecule has 5 rings (SSSR count). The Labute approximate surface area is 175 Å². The van der Waals surface area contributed by atoms with Crippen molar-refractivity contribution in [2.24, 2.45) is 0 Å². The number of rotatable bonds is 3. The van der Waals surface area contributed by atoms with Crippen molar-refractivity contribution in [1.82, 2.24) is 24.8 Å². The lowest BCUT2D eigenvalue weighted by Crippen LogP contribution is -2.49. The van der Waals surface area contributed by atoms with E-state index in [4.69, 9.17) is 4.98 Å². The van der Waals surface area contributed by atoms with E-state index in [9.17, 15) is 4.79 Å². The Kier molecular flexibility index (Phi) is 5.13. The highest BCUT2D eigenvalue weighted by molar-refractivity contribution is 5.97. The van der Waals surface area contributed by atoms with Gasteiger partial charge in [-0.2, -0.15) is 4.98 Å². The summed E-state index contributed by atoms with van der Waals surface area (Å²) in [5, 5.41) is 0. The van der Waals surface area contributed by atoms with Gasteiger partial charge in [-0.1, -0.05) is 0 Å². The van der Waals surface area contributed by atoms with E-state index in [1.165, 1.54) is 19.3 Å². The van der Waals surface area contributed by atoms with Crippen LogP contribution in [-0.4, -0.2) is 70.0 Å². The van der Waals surface area contributed by atoms with Gasteiger partial charge in [-0.3, -0.25) is 14.8 Å². The van der Waals surface area contributed by atoms with Crippen LogP contribution in [0.1, 0.15) is 29.6 Å². The van der Waals surface area contributed by atoms with Gasteiger partial charge in [-0.05, 0) is 43.5 Å². The van der Waals surface area contributed by atoms with Crippen molar-refractivity contribution in [3.8, 4) is 0 Å². The SMILES string of the molecule is O=C(c1ccc2nccnc2c1)N1CCN(c2ccnc(N3CCCCC3)n2)CC1. The van der Waals surface area contributed by atoms with Gasteiger partial charge in [0, 0.05) is 63.4 Å². The van der Waals surface area contributed by atoms with Gasteiger partial charge in [0.25, 0.3) is 5.91 Å². The predicted molar refractivity (Wildman–Crippen MR) is 116 cm³/mol. The summed E-state index contributed by atoms with van der Waals surface area (Å²) in [6, 6.07) is 7.48. The summed E-state index contributed by atoms with van der Waals surface area (Å²) >= 11 is 0. The van der Waals surface area contributed by atoms with Crippen LogP contribution >= 0.6 is 0 Å². The number of hydrogen-bond acceptors (Lipinski definition) is 7. The zero-order chi connectivity index (χ0) is 20.3. The summed E-state index contributed by atoms with van der Waals surface area (Å²) in [6.45, 7) is 4.91. The molecule has 8 heteroatoms. The van der Waals surface area contributed by atoms with Crippen LogP contribution < -0.4 is 9.80 Å². The van der Waals surface area contributed by atoms with E-state index in [-0.39, 0.29) is 5.91 Å². The van der Waals surface area contributed by atoms with Crippen molar-refractivity contribution in [2.75, 3.05) is 49.1 Å². The highest BCUT2D eigenvalue weighted by atomic mass is 16.2. The molecule has 4 heterocycles. The number of piperidine rings is 1. The number of fused-ring (bicyclic) bond motifs is 1. The molecular formula is C22H25N7O. The van der Waals surface area contributed by atoms with Crippen LogP contribution in [-0.2, 0) is 0 Å². The number of benzene rings is 1. The van der Waals surface area contributed by atoms with Crippen molar-refractivity contribution >= 4 is 28.7 Å². The van der Waals surface area contributed by atoms with Crippen LogP contribution in [0.2, 0.25) is 0 Å². The fourth-order valence-corrected chi connectivity index (χ4v) is 4.18. The molecule has 2 aliphatic heterocycles. The minimum atomic E-state index is 0.0406. The zero-order valence-corrected chi connectivity index (χ0v) is 16.9. The molecule has 1 aromatic carbocycles. The first-order valence-corrected chi connectivity index (χ1v) is 10.6. The van der Waals surface area contributed by atoms with Crippen LogP contribution in [0.4, 0.5) is 11.8 Å². The molecule has 30 heavy (non-hydrogen) atoms. The molecular weight excluding hydrogens is 378 g/mol. The summed E-state index contributed by atoms with van der Waals surface area (Å²) in [6.07, 6.45) is 8.85. The summed E-state index contributed by atoms with van der Waals surface area (Å²) in [5.41, 5.74) is 2.20. The Balaban J connectivity index is 1.25. The number of carbonyl (C=O) groups is 1. The standard InChI is InChI=1S/C22H25N7O/c30-21(17-4-5-18-19(16-17)24-9-8-23-18)28-14-12-27(13-15-28)20-6-7-25-22(26-20)29-10-2-1-3-11-29/h4-9,16H,1-3,10-15H2. The van der Waals surface area contributed by atoms with E-state index in [0.29, 0.717) is 18.7 Å². The Morgan fingerprint density at radius 1 is 0.733 bits per heavy atom. The van der Waals surface area contributed by atoms with Gasteiger partial charge < -0.3 is 14.7 Å². The first kappa shape index (κ1) is 18.7. The zero-order valence-electron chi connectivity index (χ0n) is 16.9. The maximum absolute atomic E-state index is 13.0. The van der Waals surface area contributed by atoms with Gasteiger partial charge in [-0.15, -0.1) is 0 Å².